The maximum atomic E-state index is 12.8. The number of alkyl carbamates (subject to hydrolysis) is 1. The Labute approximate surface area is 280 Å². The van der Waals surface area contributed by atoms with Crippen molar-refractivity contribution in [2.24, 2.45) is 5.73 Å². The molecule has 2 saturated heterocycles. The third-order valence-corrected chi connectivity index (χ3v) is 8.80. The molecule has 2 fully saturated rings. The predicted octanol–water partition coefficient (Wildman–Crippen LogP) is 5.15. The van der Waals surface area contributed by atoms with Crippen LogP contribution in [-0.2, 0) is 27.4 Å². The van der Waals surface area contributed by atoms with Crippen LogP contribution in [0, 0.1) is 0 Å². The van der Waals surface area contributed by atoms with Crippen LogP contribution in [0.4, 0.5) is 4.79 Å². The molecule has 0 aliphatic carbocycles. The maximum absolute atomic E-state index is 12.8. The summed E-state index contributed by atoms with van der Waals surface area (Å²) in [7, 11) is 0. The summed E-state index contributed by atoms with van der Waals surface area (Å²) < 4.78 is 5.24. The Morgan fingerprint density at radius 2 is 1.33 bits per heavy atom. The van der Waals surface area contributed by atoms with Crippen LogP contribution in [-0.4, -0.2) is 91.5 Å². The molecule has 10 nitrogen and oxygen atoms in total. The molecule has 0 saturated carbocycles. The molecule has 2 aromatic rings. The van der Waals surface area contributed by atoms with Gasteiger partial charge in [-0.2, -0.15) is 23.5 Å². The molecular formula is C27H34Cl4N6O4S2. The highest BCUT2D eigenvalue weighted by molar-refractivity contribution is 7.99. The van der Waals surface area contributed by atoms with Gasteiger partial charge in [0, 0.05) is 49.2 Å². The van der Waals surface area contributed by atoms with Crippen LogP contribution in [0.15, 0.2) is 24.3 Å². The fraction of sp³-hybridized carbons (Fsp3) is 0.519. The van der Waals surface area contributed by atoms with Gasteiger partial charge >= 0.3 is 6.09 Å². The Morgan fingerprint density at radius 3 is 1.79 bits per heavy atom. The number of nitrogens with zero attached hydrogens (tertiary/aromatic N) is 4. The zero-order valence-electron chi connectivity index (χ0n) is 23.9. The van der Waals surface area contributed by atoms with Gasteiger partial charge in [0.15, 0.2) is 0 Å². The highest BCUT2D eigenvalue weighted by Gasteiger charge is 2.30. The third kappa shape index (κ3) is 12.3. The minimum absolute atomic E-state index is 0.0240. The lowest BCUT2D eigenvalue weighted by atomic mass is 10.2. The summed E-state index contributed by atoms with van der Waals surface area (Å²) in [5.41, 5.74) is 6.85. The second-order valence-electron chi connectivity index (χ2n) is 10.7. The molecule has 0 radical (unpaired) electrons. The second-order valence-corrected chi connectivity index (χ2v) is 14.6. The number of carbonyl (C=O) groups excluding carboxylic acids is 3. The molecule has 0 bridgehead atoms. The summed E-state index contributed by atoms with van der Waals surface area (Å²) in [5.74, 6) is 2.68. The quantitative estimate of drug-likeness (QED) is 0.405. The number of hydrogen-bond donors (Lipinski definition) is 2. The number of aromatic nitrogens is 2. The van der Waals surface area contributed by atoms with Crippen molar-refractivity contribution in [2.75, 3.05) is 36.1 Å². The summed E-state index contributed by atoms with van der Waals surface area (Å²) in [5, 5.41) is 3.89. The van der Waals surface area contributed by atoms with Crippen molar-refractivity contribution < 1.29 is 19.1 Å². The molecular weight excluding hydrogens is 678 g/mol. The van der Waals surface area contributed by atoms with E-state index in [0.717, 1.165) is 22.6 Å². The largest absolute Gasteiger partial charge is 0.444 e. The number of ether oxygens (including phenoxy) is 1. The smallest absolute Gasteiger partial charge is 0.408 e. The number of nitrogens with two attached hydrogens (primary N) is 1. The molecule has 2 aliphatic rings. The van der Waals surface area contributed by atoms with Gasteiger partial charge in [-0.25, -0.2) is 14.8 Å². The first-order valence-corrected chi connectivity index (χ1v) is 17.1. The highest BCUT2D eigenvalue weighted by atomic mass is 35.5. The van der Waals surface area contributed by atoms with E-state index in [1.165, 1.54) is 0 Å². The average molecular weight is 713 g/mol. The fourth-order valence-corrected chi connectivity index (χ4v) is 7.00. The molecule has 2 aliphatic heterocycles. The SMILES string of the molecule is CC(C)(C)OC(=O)NC1CSCCN(Cc2cc(Cl)nc(Cl)c2)C1=O.NC1CSCCN(Cc2cc(Cl)nc(Cl)c2)C1=O. The van der Waals surface area contributed by atoms with Gasteiger partial charge in [-0.3, -0.25) is 9.59 Å². The first kappa shape index (κ1) is 35.8. The summed E-state index contributed by atoms with van der Waals surface area (Å²) in [6.07, 6.45) is -0.594. The number of hydrogen-bond acceptors (Lipinski definition) is 9. The van der Waals surface area contributed by atoms with E-state index in [1.54, 1.807) is 78.4 Å². The number of amides is 3. The normalized spacial score (nSPS) is 19.6. The second kappa shape index (κ2) is 16.6. The van der Waals surface area contributed by atoms with Crippen LogP contribution >= 0.6 is 69.9 Å². The molecule has 2 unspecified atom stereocenters. The molecule has 0 aromatic carbocycles. The molecule has 2 aromatic heterocycles. The van der Waals surface area contributed by atoms with Crippen molar-refractivity contribution in [3.8, 4) is 0 Å². The number of thioether (sulfide) groups is 2. The molecule has 236 valence electrons. The summed E-state index contributed by atoms with van der Waals surface area (Å²) in [6, 6.07) is 5.72. The molecule has 43 heavy (non-hydrogen) atoms. The first-order chi connectivity index (χ1) is 20.2. The van der Waals surface area contributed by atoms with Crippen molar-refractivity contribution in [1.82, 2.24) is 25.1 Å². The lowest BCUT2D eigenvalue weighted by Gasteiger charge is -2.26. The zero-order chi connectivity index (χ0) is 31.7. The van der Waals surface area contributed by atoms with Gasteiger partial charge in [0.25, 0.3) is 0 Å². The van der Waals surface area contributed by atoms with Crippen LogP contribution < -0.4 is 11.1 Å². The van der Waals surface area contributed by atoms with Gasteiger partial charge in [-0.15, -0.1) is 0 Å². The number of pyridine rings is 2. The van der Waals surface area contributed by atoms with Crippen molar-refractivity contribution in [3.05, 3.63) is 56.0 Å². The molecule has 4 heterocycles. The van der Waals surface area contributed by atoms with E-state index < -0.39 is 23.8 Å². The molecule has 3 amide bonds. The highest BCUT2D eigenvalue weighted by Crippen LogP contribution is 2.21. The average Bonchev–Trinajstić information content (AvgIpc) is 3.14. The summed E-state index contributed by atoms with van der Waals surface area (Å²) >= 11 is 26.8. The van der Waals surface area contributed by atoms with Crippen molar-refractivity contribution in [2.45, 2.75) is 51.5 Å². The third-order valence-electron chi connectivity index (χ3n) is 5.91. The number of nitrogens with one attached hydrogen (secondary N) is 1. The van der Waals surface area contributed by atoms with E-state index >= 15 is 0 Å². The molecule has 0 spiro atoms. The summed E-state index contributed by atoms with van der Waals surface area (Å²) in [4.78, 5) is 48.0. The van der Waals surface area contributed by atoms with E-state index in [9.17, 15) is 14.4 Å². The molecule has 3 N–H and O–H groups in total. The van der Waals surface area contributed by atoms with Crippen LogP contribution in [0.1, 0.15) is 31.9 Å². The van der Waals surface area contributed by atoms with Gasteiger partial charge in [0.2, 0.25) is 11.8 Å². The maximum Gasteiger partial charge on any atom is 0.408 e. The minimum Gasteiger partial charge on any atom is -0.444 e. The van der Waals surface area contributed by atoms with Gasteiger partial charge in [0.1, 0.15) is 32.3 Å². The standard InChI is InChI=1S/C16H21Cl2N3O3S.C11H13Cl2N3OS/c1-16(2,3)24-15(23)19-11-9-25-5-4-21(14(11)22)8-10-6-12(17)20-13(18)7-10;12-9-3-7(4-10(13)15-9)5-16-1-2-18-6-8(14)11(16)17/h6-7,11H,4-5,8-9H2,1-3H3,(H,19,23);3-4,8H,1-2,5-6,14H2. The van der Waals surface area contributed by atoms with Crippen molar-refractivity contribution in [3.63, 3.8) is 0 Å². The van der Waals surface area contributed by atoms with Gasteiger partial charge in [-0.05, 0) is 56.2 Å². The lowest BCUT2D eigenvalue weighted by Crippen LogP contribution is -2.49. The Hall–Kier alpha value is -1.67. The van der Waals surface area contributed by atoms with Crippen LogP contribution in [0.25, 0.3) is 0 Å². The van der Waals surface area contributed by atoms with E-state index in [4.69, 9.17) is 56.9 Å². The van der Waals surface area contributed by atoms with Crippen molar-refractivity contribution >= 4 is 87.8 Å². The van der Waals surface area contributed by atoms with E-state index in [2.05, 4.69) is 15.3 Å². The fourth-order valence-electron chi connectivity index (χ4n) is 4.10. The number of carbonyl (C=O) groups is 3. The zero-order valence-corrected chi connectivity index (χ0v) is 28.6. The Bertz CT molecular complexity index is 1260. The molecule has 4 rings (SSSR count). The monoisotopic (exact) mass is 710 g/mol. The minimum atomic E-state index is -0.630. The van der Waals surface area contributed by atoms with Crippen LogP contribution in [0.3, 0.4) is 0 Å². The topological polar surface area (TPSA) is 131 Å². The van der Waals surface area contributed by atoms with Gasteiger partial charge in [0.05, 0.1) is 6.04 Å². The van der Waals surface area contributed by atoms with E-state index in [1.807, 2.05) is 0 Å². The summed E-state index contributed by atoms with van der Waals surface area (Å²) in [6.45, 7) is 7.42. The van der Waals surface area contributed by atoms with Crippen LogP contribution in [0.2, 0.25) is 20.6 Å². The Morgan fingerprint density at radius 1 is 0.884 bits per heavy atom. The number of halogens is 4. The molecule has 16 heteroatoms. The van der Waals surface area contributed by atoms with Crippen LogP contribution in [0.5, 0.6) is 0 Å². The van der Waals surface area contributed by atoms with E-state index in [0.29, 0.717) is 48.0 Å². The van der Waals surface area contributed by atoms with E-state index in [-0.39, 0.29) is 22.1 Å². The lowest BCUT2D eigenvalue weighted by molar-refractivity contribution is -0.133. The Kier molecular flexibility index (Phi) is 13.8. The van der Waals surface area contributed by atoms with Crippen molar-refractivity contribution in [1.29, 1.82) is 0 Å². The van der Waals surface area contributed by atoms with Gasteiger partial charge in [-0.1, -0.05) is 46.4 Å². The number of rotatable bonds is 5. The predicted molar refractivity (Wildman–Crippen MR) is 175 cm³/mol. The first-order valence-electron chi connectivity index (χ1n) is 13.3. The molecule has 2 atom stereocenters. The Balaban J connectivity index is 0.000000248. The van der Waals surface area contributed by atoms with Gasteiger partial charge < -0.3 is 25.6 Å².